The van der Waals surface area contributed by atoms with Gasteiger partial charge in [-0.2, -0.15) is 0 Å². The Balaban J connectivity index is 1.52. The molecule has 0 N–H and O–H groups in total. The molecule has 0 aliphatic carbocycles. The van der Waals surface area contributed by atoms with Gasteiger partial charge in [0.25, 0.3) is 0 Å². The Morgan fingerprint density at radius 3 is 2.81 bits per heavy atom. The zero-order valence-electron chi connectivity index (χ0n) is 17.7. The monoisotopic (exact) mass is 443 g/mol. The molecule has 6 nitrogen and oxygen atoms in total. The molecular weight excluding hydrogens is 418 g/mol. The van der Waals surface area contributed by atoms with Crippen molar-refractivity contribution in [2.45, 2.75) is 25.8 Å². The highest BCUT2D eigenvalue weighted by molar-refractivity contribution is 6.32. The van der Waals surface area contributed by atoms with Crippen LogP contribution in [-0.4, -0.2) is 44.3 Å². The highest BCUT2D eigenvalue weighted by Crippen LogP contribution is 2.39. The van der Waals surface area contributed by atoms with Crippen molar-refractivity contribution in [2.24, 2.45) is 0 Å². The molecule has 2 aromatic carbocycles. The van der Waals surface area contributed by atoms with E-state index in [9.17, 15) is 4.79 Å². The van der Waals surface area contributed by atoms with E-state index in [-0.39, 0.29) is 11.9 Å². The SMILES string of the molecule is CCOc1cc(/C=C/C(=O)N2CCCC2c2ccc3c(c2)OCCO3)cc(Cl)c1OC. The van der Waals surface area contributed by atoms with Gasteiger partial charge in [0.05, 0.1) is 24.8 Å². The molecule has 2 aliphatic rings. The minimum atomic E-state index is -0.0395. The van der Waals surface area contributed by atoms with Crippen molar-refractivity contribution in [3.05, 3.63) is 52.6 Å². The summed E-state index contributed by atoms with van der Waals surface area (Å²) in [6, 6.07) is 9.54. The summed E-state index contributed by atoms with van der Waals surface area (Å²) in [5.41, 5.74) is 1.84. The fourth-order valence-corrected chi connectivity index (χ4v) is 4.35. The van der Waals surface area contributed by atoms with Crippen molar-refractivity contribution in [1.29, 1.82) is 0 Å². The second kappa shape index (κ2) is 9.52. The molecule has 1 fully saturated rings. The van der Waals surface area contributed by atoms with Crippen LogP contribution in [0.2, 0.25) is 5.02 Å². The molecule has 0 bridgehead atoms. The molecule has 0 aromatic heterocycles. The molecule has 1 saturated heterocycles. The van der Waals surface area contributed by atoms with Gasteiger partial charge < -0.3 is 23.8 Å². The van der Waals surface area contributed by atoms with Crippen LogP contribution in [0.25, 0.3) is 6.08 Å². The maximum Gasteiger partial charge on any atom is 0.247 e. The van der Waals surface area contributed by atoms with E-state index < -0.39 is 0 Å². The van der Waals surface area contributed by atoms with Gasteiger partial charge >= 0.3 is 0 Å². The lowest BCUT2D eigenvalue weighted by atomic mass is 10.0. The third-order valence-corrected chi connectivity index (χ3v) is 5.72. The summed E-state index contributed by atoms with van der Waals surface area (Å²) in [6.07, 6.45) is 5.23. The number of ether oxygens (including phenoxy) is 4. The number of carbonyl (C=O) groups excluding carboxylic acids is 1. The lowest BCUT2D eigenvalue weighted by Gasteiger charge is -2.26. The van der Waals surface area contributed by atoms with Crippen molar-refractivity contribution in [3.63, 3.8) is 0 Å². The standard InChI is InChI=1S/C24H26ClNO5/c1-3-29-22-14-16(13-18(25)24(22)28-2)6-9-23(27)26-10-4-5-19(26)17-7-8-20-21(15-17)31-12-11-30-20/h6-9,13-15,19H,3-5,10-12H2,1-2H3/b9-6+. The summed E-state index contributed by atoms with van der Waals surface area (Å²) < 4.78 is 22.3. The van der Waals surface area contributed by atoms with E-state index in [1.807, 2.05) is 36.1 Å². The first-order chi connectivity index (χ1) is 15.1. The smallest absolute Gasteiger partial charge is 0.247 e. The molecule has 7 heteroatoms. The normalized spacial score (nSPS) is 17.8. The summed E-state index contributed by atoms with van der Waals surface area (Å²) in [5, 5.41) is 0.441. The fraction of sp³-hybridized carbons (Fsp3) is 0.375. The average molecular weight is 444 g/mol. The second-order valence-corrected chi connectivity index (χ2v) is 7.80. The molecule has 31 heavy (non-hydrogen) atoms. The molecule has 2 heterocycles. The first-order valence-corrected chi connectivity index (χ1v) is 10.9. The molecule has 2 aliphatic heterocycles. The van der Waals surface area contributed by atoms with Crippen LogP contribution in [0.4, 0.5) is 0 Å². The number of hydrogen-bond donors (Lipinski definition) is 0. The van der Waals surface area contributed by atoms with E-state index >= 15 is 0 Å². The number of carbonyl (C=O) groups is 1. The Bertz CT molecular complexity index is 990. The van der Waals surface area contributed by atoms with Gasteiger partial charge in [-0.25, -0.2) is 0 Å². The molecule has 1 unspecified atom stereocenters. The summed E-state index contributed by atoms with van der Waals surface area (Å²) in [6.45, 7) is 4.20. The van der Waals surface area contributed by atoms with Crippen LogP contribution in [-0.2, 0) is 4.79 Å². The average Bonchev–Trinajstić information content (AvgIpc) is 3.27. The third-order valence-electron chi connectivity index (χ3n) is 5.44. The van der Waals surface area contributed by atoms with E-state index in [1.54, 1.807) is 25.3 Å². The number of benzene rings is 2. The fourth-order valence-electron chi connectivity index (χ4n) is 4.05. The number of rotatable bonds is 6. The number of fused-ring (bicyclic) bond motifs is 1. The largest absolute Gasteiger partial charge is 0.491 e. The third kappa shape index (κ3) is 4.59. The maximum absolute atomic E-state index is 13.0. The van der Waals surface area contributed by atoms with Gasteiger partial charge in [-0.1, -0.05) is 17.7 Å². The second-order valence-electron chi connectivity index (χ2n) is 7.39. The van der Waals surface area contributed by atoms with Crippen LogP contribution in [0.1, 0.15) is 36.9 Å². The highest BCUT2D eigenvalue weighted by atomic mass is 35.5. The van der Waals surface area contributed by atoms with Gasteiger partial charge in [0.1, 0.15) is 13.2 Å². The van der Waals surface area contributed by atoms with Gasteiger partial charge in [0.15, 0.2) is 23.0 Å². The van der Waals surface area contributed by atoms with Crippen molar-refractivity contribution in [1.82, 2.24) is 4.90 Å². The summed E-state index contributed by atoms with van der Waals surface area (Å²) in [4.78, 5) is 14.9. The lowest BCUT2D eigenvalue weighted by Crippen LogP contribution is -2.29. The summed E-state index contributed by atoms with van der Waals surface area (Å²) in [7, 11) is 1.55. The Kier molecular flexibility index (Phi) is 6.56. The van der Waals surface area contributed by atoms with Crippen LogP contribution >= 0.6 is 11.6 Å². The van der Waals surface area contributed by atoms with Crippen LogP contribution in [0.15, 0.2) is 36.4 Å². The van der Waals surface area contributed by atoms with Gasteiger partial charge in [0, 0.05) is 12.6 Å². The van der Waals surface area contributed by atoms with Crippen LogP contribution in [0.3, 0.4) is 0 Å². The quantitative estimate of drug-likeness (QED) is 0.594. The van der Waals surface area contributed by atoms with Crippen molar-refractivity contribution >= 4 is 23.6 Å². The van der Waals surface area contributed by atoms with Gasteiger partial charge in [-0.15, -0.1) is 0 Å². The predicted octanol–water partition coefficient (Wildman–Crippen LogP) is 4.90. The minimum absolute atomic E-state index is 0.0198. The van der Waals surface area contributed by atoms with Gasteiger partial charge in [0.2, 0.25) is 5.91 Å². The number of nitrogens with zero attached hydrogens (tertiary/aromatic N) is 1. The first kappa shape index (κ1) is 21.4. The Morgan fingerprint density at radius 2 is 2.03 bits per heavy atom. The Labute approximate surface area is 187 Å². The first-order valence-electron chi connectivity index (χ1n) is 10.5. The van der Waals surface area contributed by atoms with E-state index in [0.717, 1.165) is 42.0 Å². The Hall–Kier alpha value is -2.86. The number of likely N-dealkylation sites (tertiary alicyclic amines) is 1. The summed E-state index contributed by atoms with van der Waals surface area (Å²) >= 11 is 6.32. The molecule has 4 rings (SSSR count). The number of methoxy groups -OCH3 is 1. The molecule has 1 atom stereocenters. The van der Waals surface area contributed by atoms with E-state index in [2.05, 4.69) is 0 Å². The predicted molar refractivity (Wildman–Crippen MR) is 119 cm³/mol. The number of hydrogen-bond acceptors (Lipinski definition) is 5. The Morgan fingerprint density at radius 1 is 1.23 bits per heavy atom. The molecule has 2 aromatic rings. The molecular formula is C24H26ClNO5. The zero-order chi connectivity index (χ0) is 21.8. The molecule has 0 spiro atoms. The summed E-state index contributed by atoms with van der Waals surface area (Å²) in [5.74, 6) is 2.51. The highest BCUT2D eigenvalue weighted by Gasteiger charge is 2.29. The van der Waals surface area contributed by atoms with Gasteiger partial charge in [-0.3, -0.25) is 4.79 Å². The van der Waals surface area contributed by atoms with Crippen molar-refractivity contribution < 1.29 is 23.7 Å². The molecule has 1 amide bonds. The van der Waals surface area contributed by atoms with Crippen LogP contribution in [0.5, 0.6) is 23.0 Å². The van der Waals surface area contributed by atoms with E-state index in [1.165, 1.54) is 0 Å². The maximum atomic E-state index is 13.0. The molecule has 0 radical (unpaired) electrons. The van der Waals surface area contributed by atoms with E-state index in [4.69, 9.17) is 30.5 Å². The van der Waals surface area contributed by atoms with E-state index in [0.29, 0.717) is 36.3 Å². The zero-order valence-corrected chi connectivity index (χ0v) is 18.5. The topological polar surface area (TPSA) is 57.2 Å². The van der Waals surface area contributed by atoms with Crippen molar-refractivity contribution in [3.8, 4) is 23.0 Å². The lowest BCUT2D eigenvalue weighted by molar-refractivity contribution is -0.126. The minimum Gasteiger partial charge on any atom is -0.491 e. The number of halogens is 1. The van der Waals surface area contributed by atoms with Crippen molar-refractivity contribution in [2.75, 3.05) is 33.5 Å². The molecule has 164 valence electrons. The van der Waals surface area contributed by atoms with Crippen LogP contribution < -0.4 is 18.9 Å². The molecule has 0 saturated carbocycles. The van der Waals surface area contributed by atoms with Gasteiger partial charge in [-0.05, 0) is 61.2 Å². The number of amides is 1. The van der Waals surface area contributed by atoms with Crippen LogP contribution in [0, 0.1) is 0 Å².